The van der Waals surface area contributed by atoms with Gasteiger partial charge in [-0.25, -0.2) is 0 Å². The Morgan fingerprint density at radius 1 is 1.71 bits per heavy atom. The highest BCUT2D eigenvalue weighted by molar-refractivity contribution is 4.69. The highest BCUT2D eigenvalue weighted by atomic mass is 16.5. The molecule has 0 spiro atoms. The molecule has 1 fully saturated rings. The van der Waals surface area contributed by atoms with Gasteiger partial charge in [-0.3, -0.25) is 0 Å². The Morgan fingerprint density at radius 3 is 2.29 bits per heavy atom. The fourth-order valence-corrected chi connectivity index (χ4v) is 0.532. The van der Waals surface area contributed by atoms with E-state index in [1.165, 1.54) is 0 Å². The normalized spacial score (nSPS) is 26.6. The second kappa shape index (κ2) is 1.80. The predicted molar refractivity (Wildman–Crippen MR) is 26.0 cm³/mol. The lowest BCUT2D eigenvalue weighted by molar-refractivity contribution is -0.0849. The number of aliphatic hydroxyl groups excluding tert-OH is 1. The monoisotopic (exact) mass is 102 g/mol. The van der Waals surface area contributed by atoms with Gasteiger partial charge in [0.2, 0.25) is 0 Å². The number of rotatable bonds is 1. The Labute approximate surface area is 43.1 Å². The van der Waals surface area contributed by atoms with Gasteiger partial charge in [-0.05, 0) is 6.92 Å². The molecular formula is C5H10O2. The molecule has 0 aromatic heterocycles. The molecule has 2 nitrogen and oxygen atoms in total. The van der Waals surface area contributed by atoms with Gasteiger partial charge in [-0.1, -0.05) is 0 Å². The van der Waals surface area contributed by atoms with E-state index in [-0.39, 0.29) is 6.10 Å². The van der Waals surface area contributed by atoms with E-state index < -0.39 is 0 Å². The maximum Gasteiger partial charge on any atom is 0.0584 e. The fourth-order valence-electron chi connectivity index (χ4n) is 0.532. The highest BCUT2D eigenvalue weighted by Crippen LogP contribution is 2.13. The second-order valence-corrected chi connectivity index (χ2v) is 2.04. The molecule has 1 atom stereocenters. The topological polar surface area (TPSA) is 29.5 Å². The zero-order chi connectivity index (χ0) is 5.28. The number of hydrogen-bond donors (Lipinski definition) is 1. The molecule has 1 saturated heterocycles. The summed E-state index contributed by atoms with van der Waals surface area (Å²) in [5.74, 6) is 0.417. The lowest BCUT2D eigenvalue weighted by atomic mass is 10.0. The second-order valence-electron chi connectivity index (χ2n) is 2.04. The van der Waals surface area contributed by atoms with Gasteiger partial charge in [0.1, 0.15) is 0 Å². The molecule has 1 rings (SSSR count). The van der Waals surface area contributed by atoms with Gasteiger partial charge in [-0.2, -0.15) is 0 Å². The van der Waals surface area contributed by atoms with Crippen molar-refractivity contribution in [3.8, 4) is 0 Å². The van der Waals surface area contributed by atoms with Gasteiger partial charge in [0.05, 0.1) is 19.3 Å². The molecule has 2 heteroatoms. The summed E-state index contributed by atoms with van der Waals surface area (Å²) < 4.78 is 4.84. The first-order valence-electron chi connectivity index (χ1n) is 2.56. The summed E-state index contributed by atoms with van der Waals surface area (Å²) in [6.45, 7) is 3.29. The van der Waals surface area contributed by atoms with Crippen LogP contribution in [0.2, 0.25) is 0 Å². The summed E-state index contributed by atoms with van der Waals surface area (Å²) in [5, 5.41) is 8.79. The molecule has 7 heavy (non-hydrogen) atoms. The van der Waals surface area contributed by atoms with Crippen LogP contribution < -0.4 is 0 Å². The Hall–Kier alpha value is -0.0800. The minimum Gasteiger partial charge on any atom is -0.393 e. The van der Waals surface area contributed by atoms with Crippen molar-refractivity contribution in [2.45, 2.75) is 13.0 Å². The van der Waals surface area contributed by atoms with E-state index in [1.807, 2.05) is 0 Å². The van der Waals surface area contributed by atoms with Crippen LogP contribution in [-0.4, -0.2) is 24.4 Å². The summed E-state index contributed by atoms with van der Waals surface area (Å²) in [7, 11) is 0. The van der Waals surface area contributed by atoms with Crippen LogP contribution in [0.15, 0.2) is 0 Å². The average Bonchev–Trinajstić information content (AvgIpc) is 1.23. The Bertz CT molecular complexity index is 57.1. The van der Waals surface area contributed by atoms with E-state index in [0.29, 0.717) is 5.92 Å². The van der Waals surface area contributed by atoms with Crippen molar-refractivity contribution in [2.75, 3.05) is 13.2 Å². The van der Waals surface area contributed by atoms with Gasteiger partial charge in [0.25, 0.3) is 0 Å². The summed E-state index contributed by atoms with van der Waals surface area (Å²) in [4.78, 5) is 0. The van der Waals surface area contributed by atoms with Crippen LogP contribution in [0.25, 0.3) is 0 Å². The lowest BCUT2D eigenvalue weighted by Crippen LogP contribution is -2.35. The third-order valence-corrected chi connectivity index (χ3v) is 1.35. The molecule has 1 aliphatic heterocycles. The predicted octanol–water partition coefficient (Wildman–Crippen LogP) is 0.0136. The molecule has 1 heterocycles. The third-order valence-electron chi connectivity index (χ3n) is 1.35. The van der Waals surface area contributed by atoms with Crippen molar-refractivity contribution in [3.05, 3.63) is 0 Å². The van der Waals surface area contributed by atoms with Crippen LogP contribution in [0.1, 0.15) is 6.92 Å². The Kier molecular flexibility index (Phi) is 1.30. The molecule has 42 valence electrons. The summed E-state index contributed by atoms with van der Waals surface area (Å²) in [6.07, 6.45) is -0.172. The molecular weight excluding hydrogens is 92.1 g/mol. The van der Waals surface area contributed by atoms with E-state index in [0.717, 1.165) is 13.2 Å². The van der Waals surface area contributed by atoms with Crippen LogP contribution in [0, 0.1) is 5.92 Å². The van der Waals surface area contributed by atoms with Crippen molar-refractivity contribution in [1.82, 2.24) is 0 Å². The molecule has 0 amide bonds. The Morgan fingerprint density at radius 2 is 2.29 bits per heavy atom. The molecule has 0 saturated carbocycles. The average molecular weight is 102 g/mol. The van der Waals surface area contributed by atoms with Gasteiger partial charge in [0, 0.05) is 5.92 Å². The lowest BCUT2D eigenvalue weighted by Gasteiger charge is -2.27. The molecule has 0 radical (unpaired) electrons. The first-order valence-corrected chi connectivity index (χ1v) is 2.56. The molecule has 1 aliphatic rings. The first kappa shape index (κ1) is 5.06. The van der Waals surface area contributed by atoms with Gasteiger partial charge in [-0.15, -0.1) is 0 Å². The van der Waals surface area contributed by atoms with E-state index in [4.69, 9.17) is 9.84 Å². The van der Waals surface area contributed by atoms with Crippen LogP contribution in [0.5, 0.6) is 0 Å². The van der Waals surface area contributed by atoms with E-state index in [1.54, 1.807) is 6.92 Å². The summed E-state index contributed by atoms with van der Waals surface area (Å²) in [5.41, 5.74) is 0. The van der Waals surface area contributed by atoms with E-state index in [9.17, 15) is 0 Å². The number of hydrogen-bond acceptors (Lipinski definition) is 2. The summed E-state index contributed by atoms with van der Waals surface area (Å²) in [6, 6.07) is 0. The maximum absolute atomic E-state index is 8.79. The first-order chi connectivity index (χ1) is 3.30. The minimum atomic E-state index is -0.172. The van der Waals surface area contributed by atoms with Crippen molar-refractivity contribution >= 4 is 0 Å². The quantitative estimate of drug-likeness (QED) is 0.505. The van der Waals surface area contributed by atoms with Crippen LogP contribution in [0.3, 0.4) is 0 Å². The van der Waals surface area contributed by atoms with E-state index in [2.05, 4.69) is 0 Å². The highest BCUT2D eigenvalue weighted by Gasteiger charge is 2.22. The molecule has 1 unspecified atom stereocenters. The van der Waals surface area contributed by atoms with Crippen LogP contribution in [0.4, 0.5) is 0 Å². The van der Waals surface area contributed by atoms with Crippen molar-refractivity contribution < 1.29 is 9.84 Å². The van der Waals surface area contributed by atoms with Crippen molar-refractivity contribution in [1.29, 1.82) is 0 Å². The Balaban J connectivity index is 2.14. The molecule has 0 aliphatic carbocycles. The van der Waals surface area contributed by atoms with Crippen molar-refractivity contribution in [3.63, 3.8) is 0 Å². The van der Waals surface area contributed by atoms with Gasteiger partial charge in [0.15, 0.2) is 0 Å². The van der Waals surface area contributed by atoms with Crippen LogP contribution in [-0.2, 0) is 4.74 Å². The molecule has 0 bridgehead atoms. The largest absolute Gasteiger partial charge is 0.393 e. The van der Waals surface area contributed by atoms with Gasteiger partial charge < -0.3 is 9.84 Å². The third kappa shape index (κ3) is 0.924. The number of aliphatic hydroxyl groups is 1. The van der Waals surface area contributed by atoms with Crippen molar-refractivity contribution in [2.24, 2.45) is 5.92 Å². The number of ether oxygens (including phenoxy) is 1. The molecule has 0 aromatic rings. The minimum absolute atomic E-state index is 0.172. The standard InChI is InChI=1S/C5H10O2/c1-4(6)5-2-7-3-5/h4-6H,2-3H2,1H3. The van der Waals surface area contributed by atoms with E-state index >= 15 is 0 Å². The zero-order valence-electron chi connectivity index (χ0n) is 4.42. The SMILES string of the molecule is CC(O)C1COC1. The molecule has 1 N–H and O–H groups in total. The summed E-state index contributed by atoms with van der Waals surface area (Å²) >= 11 is 0. The van der Waals surface area contributed by atoms with Gasteiger partial charge >= 0.3 is 0 Å². The molecule has 0 aromatic carbocycles. The maximum atomic E-state index is 8.79. The zero-order valence-corrected chi connectivity index (χ0v) is 4.42. The fraction of sp³-hybridized carbons (Fsp3) is 1.00. The smallest absolute Gasteiger partial charge is 0.0584 e. The van der Waals surface area contributed by atoms with Crippen LogP contribution >= 0.6 is 0 Å².